The summed E-state index contributed by atoms with van der Waals surface area (Å²) in [6.45, 7) is 2.34. The molecule has 3 aliphatic heterocycles. The summed E-state index contributed by atoms with van der Waals surface area (Å²) in [5.41, 5.74) is 2.98. The number of imide groups is 1. The molecule has 2 atom stereocenters. The molecule has 1 aromatic carbocycles. The minimum atomic E-state index is -5.08. The van der Waals surface area contributed by atoms with Gasteiger partial charge in [-0.15, -0.1) is 5.10 Å². The number of ether oxygens (including phenoxy) is 1. The minimum Gasteiger partial charge on any atom is -0.475 e. The van der Waals surface area contributed by atoms with Crippen LogP contribution in [0.2, 0.25) is 0 Å². The fraction of sp³-hybridized carbons (Fsp3) is 0.429. The lowest BCUT2D eigenvalue weighted by Gasteiger charge is -2.29. The number of fused-ring (bicyclic) bond motifs is 1. The topological polar surface area (TPSA) is 156 Å². The van der Waals surface area contributed by atoms with Gasteiger partial charge in [-0.25, -0.2) is 9.48 Å². The van der Waals surface area contributed by atoms with Gasteiger partial charge in [-0.1, -0.05) is 5.21 Å². The molecule has 2 unspecified atom stereocenters. The molecule has 0 spiro atoms. The van der Waals surface area contributed by atoms with Gasteiger partial charge in [0.25, 0.3) is 5.91 Å². The monoisotopic (exact) mass is 510 g/mol. The number of amides is 3. The van der Waals surface area contributed by atoms with Gasteiger partial charge < -0.3 is 20.1 Å². The van der Waals surface area contributed by atoms with E-state index in [9.17, 15) is 27.6 Å². The first-order valence-electron chi connectivity index (χ1n) is 10.9. The molecule has 0 bridgehead atoms. The SMILES string of the molecule is O=C(O)C(F)(F)F.O=C1CCC(N2Cc3cc(-n4cc(C5COCCN5)nn4)ccc3C2=O)C(=O)N1. The van der Waals surface area contributed by atoms with Gasteiger partial charge in [0.2, 0.25) is 11.8 Å². The van der Waals surface area contributed by atoms with Gasteiger partial charge in [0.15, 0.2) is 0 Å². The summed E-state index contributed by atoms with van der Waals surface area (Å²) in [6, 6.07) is 4.85. The van der Waals surface area contributed by atoms with E-state index in [0.717, 1.165) is 23.5 Å². The maximum Gasteiger partial charge on any atom is 0.490 e. The van der Waals surface area contributed by atoms with Crippen molar-refractivity contribution in [3.8, 4) is 5.69 Å². The van der Waals surface area contributed by atoms with E-state index < -0.39 is 24.1 Å². The minimum absolute atomic E-state index is 0.0107. The van der Waals surface area contributed by atoms with Gasteiger partial charge in [0, 0.05) is 25.1 Å². The number of halogens is 3. The Morgan fingerprint density at radius 3 is 2.61 bits per heavy atom. The summed E-state index contributed by atoms with van der Waals surface area (Å²) < 4.78 is 38.9. The maximum atomic E-state index is 12.8. The highest BCUT2D eigenvalue weighted by Crippen LogP contribution is 2.29. The quantitative estimate of drug-likeness (QED) is 0.495. The van der Waals surface area contributed by atoms with E-state index in [4.69, 9.17) is 14.6 Å². The van der Waals surface area contributed by atoms with Crippen LogP contribution < -0.4 is 10.6 Å². The van der Waals surface area contributed by atoms with Crippen LogP contribution in [0.15, 0.2) is 24.4 Å². The third kappa shape index (κ3) is 5.36. The molecule has 2 aromatic rings. The van der Waals surface area contributed by atoms with Gasteiger partial charge in [-0.05, 0) is 30.2 Å². The molecule has 1 aromatic heterocycles. The Bertz CT molecular complexity index is 1190. The van der Waals surface area contributed by atoms with Crippen LogP contribution in [-0.2, 0) is 25.7 Å². The van der Waals surface area contributed by atoms with E-state index in [2.05, 4.69) is 20.9 Å². The summed E-state index contributed by atoms with van der Waals surface area (Å²) in [5, 5.41) is 21.2. The fourth-order valence-electron chi connectivity index (χ4n) is 4.02. The Morgan fingerprint density at radius 1 is 1.22 bits per heavy atom. The lowest BCUT2D eigenvalue weighted by Crippen LogP contribution is -2.52. The van der Waals surface area contributed by atoms with Crippen molar-refractivity contribution in [2.24, 2.45) is 0 Å². The Kier molecular flexibility index (Phi) is 7.03. The average molecular weight is 510 g/mol. The molecule has 5 rings (SSSR count). The maximum absolute atomic E-state index is 12.8. The number of alkyl halides is 3. The van der Waals surface area contributed by atoms with Crippen LogP contribution in [0.3, 0.4) is 0 Å². The number of carbonyl (C=O) groups excluding carboxylic acids is 3. The number of rotatable bonds is 3. The molecule has 15 heteroatoms. The van der Waals surface area contributed by atoms with Gasteiger partial charge in [-0.2, -0.15) is 13.2 Å². The number of benzene rings is 1. The first-order valence-corrected chi connectivity index (χ1v) is 10.9. The van der Waals surface area contributed by atoms with Crippen molar-refractivity contribution in [3.05, 3.63) is 41.2 Å². The molecule has 192 valence electrons. The summed E-state index contributed by atoms with van der Waals surface area (Å²) in [4.78, 5) is 46.8. The van der Waals surface area contributed by atoms with Gasteiger partial charge in [-0.3, -0.25) is 19.7 Å². The van der Waals surface area contributed by atoms with Crippen molar-refractivity contribution in [1.29, 1.82) is 0 Å². The third-order valence-electron chi connectivity index (χ3n) is 5.80. The third-order valence-corrected chi connectivity index (χ3v) is 5.80. The van der Waals surface area contributed by atoms with Crippen LogP contribution in [0.1, 0.15) is 40.5 Å². The number of nitrogens with zero attached hydrogens (tertiary/aromatic N) is 4. The van der Waals surface area contributed by atoms with E-state index in [-0.39, 0.29) is 24.3 Å². The average Bonchev–Trinajstić information content (AvgIpc) is 3.45. The number of carbonyl (C=O) groups is 4. The number of hydrogen-bond acceptors (Lipinski definition) is 8. The Balaban J connectivity index is 0.000000384. The normalized spacial score (nSPS) is 22.0. The highest BCUT2D eigenvalue weighted by atomic mass is 19.4. The van der Waals surface area contributed by atoms with Crippen LogP contribution in [0.25, 0.3) is 5.69 Å². The van der Waals surface area contributed by atoms with Crippen LogP contribution >= 0.6 is 0 Å². The molecule has 4 heterocycles. The lowest BCUT2D eigenvalue weighted by molar-refractivity contribution is -0.192. The second-order valence-corrected chi connectivity index (χ2v) is 8.21. The van der Waals surface area contributed by atoms with Gasteiger partial charge >= 0.3 is 12.1 Å². The molecule has 3 N–H and O–H groups in total. The second kappa shape index (κ2) is 10.0. The molecule has 0 saturated carbocycles. The molecular weight excluding hydrogens is 489 g/mol. The van der Waals surface area contributed by atoms with Crippen molar-refractivity contribution in [3.63, 3.8) is 0 Å². The van der Waals surface area contributed by atoms with Crippen LogP contribution in [0.4, 0.5) is 13.2 Å². The summed E-state index contributed by atoms with van der Waals surface area (Å²) >= 11 is 0. The van der Waals surface area contributed by atoms with Crippen LogP contribution in [0.5, 0.6) is 0 Å². The summed E-state index contributed by atoms with van der Waals surface area (Å²) in [7, 11) is 0. The molecule has 3 aliphatic rings. The number of hydrogen-bond donors (Lipinski definition) is 3. The number of carboxylic acids is 1. The second-order valence-electron chi connectivity index (χ2n) is 8.21. The molecule has 12 nitrogen and oxygen atoms in total. The molecule has 0 radical (unpaired) electrons. The number of nitrogens with one attached hydrogen (secondary N) is 2. The molecule has 36 heavy (non-hydrogen) atoms. The molecule has 3 amide bonds. The standard InChI is InChI=1S/C19H20N6O4.C2HF3O2/c26-17-4-3-16(18(27)21-17)24-8-11-7-12(1-2-13(11)19(24)28)25-9-14(22-23-25)15-10-29-6-5-20-15;3-2(4,5)1(6)7/h1-2,7,9,15-16,20H,3-6,8,10H2,(H,21,26,27);(H,6,7). The van der Waals surface area contributed by atoms with E-state index in [0.29, 0.717) is 31.7 Å². The van der Waals surface area contributed by atoms with E-state index in [1.807, 2.05) is 18.3 Å². The van der Waals surface area contributed by atoms with Crippen molar-refractivity contribution in [2.45, 2.75) is 37.6 Å². The Labute approximate surface area is 201 Å². The highest BCUT2D eigenvalue weighted by Gasteiger charge is 2.39. The predicted octanol–water partition coefficient (Wildman–Crippen LogP) is 0.322. The zero-order chi connectivity index (χ0) is 26.0. The van der Waals surface area contributed by atoms with Gasteiger partial charge in [0.05, 0.1) is 31.1 Å². The Hall–Kier alpha value is -3.85. The first-order chi connectivity index (χ1) is 17.0. The fourth-order valence-corrected chi connectivity index (χ4v) is 4.02. The van der Waals surface area contributed by atoms with E-state index in [1.54, 1.807) is 10.7 Å². The number of piperidine rings is 1. The van der Waals surface area contributed by atoms with E-state index in [1.165, 1.54) is 4.90 Å². The summed E-state index contributed by atoms with van der Waals surface area (Å²) in [5.74, 6) is -3.65. The molecule has 2 fully saturated rings. The number of morpholine rings is 1. The zero-order valence-corrected chi connectivity index (χ0v) is 18.6. The first kappa shape index (κ1) is 25.2. The van der Waals surface area contributed by atoms with E-state index >= 15 is 0 Å². The van der Waals surface area contributed by atoms with Crippen LogP contribution in [0, 0.1) is 0 Å². The highest BCUT2D eigenvalue weighted by molar-refractivity contribution is 6.05. The largest absolute Gasteiger partial charge is 0.490 e. The van der Waals surface area contributed by atoms with Crippen molar-refractivity contribution >= 4 is 23.7 Å². The van der Waals surface area contributed by atoms with Crippen molar-refractivity contribution < 1.29 is 42.2 Å². The number of aliphatic carboxylic acids is 1. The molecule has 0 aliphatic carbocycles. The number of carboxylic acid groups (broad SMARTS) is 1. The Morgan fingerprint density at radius 2 is 1.97 bits per heavy atom. The lowest BCUT2D eigenvalue weighted by atomic mass is 10.0. The zero-order valence-electron chi connectivity index (χ0n) is 18.6. The van der Waals surface area contributed by atoms with Gasteiger partial charge in [0.1, 0.15) is 11.7 Å². The molecule has 2 saturated heterocycles. The smallest absolute Gasteiger partial charge is 0.475 e. The number of aromatic nitrogens is 3. The molecular formula is C21H21F3N6O6. The van der Waals surface area contributed by atoms with Crippen molar-refractivity contribution in [1.82, 2.24) is 30.5 Å². The van der Waals surface area contributed by atoms with Crippen molar-refractivity contribution in [2.75, 3.05) is 19.8 Å². The predicted molar refractivity (Wildman–Crippen MR) is 113 cm³/mol. The van der Waals surface area contributed by atoms with Crippen LogP contribution in [-0.4, -0.2) is 80.7 Å². The summed E-state index contributed by atoms with van der Waals surface area (Å²) in [6.07, 6.45) is -2.65.